The van der Waals surface area contributed by atoms with Crippen molar-refractivity contribution >= 4 is 90.4 Å². The first-order chi connectivity index (χ1) is 20.2. The van der Waals surface area contributed by atoms with Gasteiger partial charge in [-0.2, -0.15) is 10.2 Å². The van der Waals surface area contributed by atoms with Crippen LogP contribution in [0.15, 0.2) is 30.6 Å². The number of hydrogen-bond donors (Lipinski definition) is 2. The number of anilines is 2. The lowest BCUT2D eigenvalue weighted by Crippen LogP contribution is -2.42. The summed E-state index contributed by atoms with van der Waals surface area (Å²) in [5.74, 6) is 1.33. The van der Waals surface area contributed by atoms with E-state index in [9.17, 15) is 21.2 Å². The Bertz CT molecular complexity index is 1870. The second-order valence-corrected chi connectivity index (χ2v) is 16.2. The highest BCUT2D eigenvalue weighted by molar-refractivity contribution is 7.91. The summed E-state index contributed by atoms with van der Waals surface area (Å²) in [6, 6.07) is 4.75. The Morgan fingerprint density at radius 3 is 1.69 bits per heavy atom. The van der Waals surface area contributed by atoms with Crippen LogP contribution < -0.4 is 21.3 Å². The molecule has 0 aromatic carbocycles. The van der Waals surface area contributed by atoms with Crippen molar-refractivity contribution < 1.29 is 21.2 Å². The van der Waals surface area contributed by atoms with E-state index in [0.717, 1.165) is 23.1 Å². The highest BCUT2D eigenvalue weighted by Gasteiger charge is 2.29. The van der Waals surface area contributed by atoms with E-state index in [0.29, 0.717) is 42.6 Å². The molecule has 0 aliphatic carbocycles. The lowest BCUT2D eigenvalue weighted by molar-refractivity contribution is 0.583. The normalized spacial score (nSPS) is 18.8. The van der Waals surface area contributed by atoms with Gasteiger partial charge in [0.2, 0.25) is 0 Å². The minimum atomic E-state index is -3.02. The summed E-state index contributed by atoms with van der Waals surface area (Å²) in [7, 11) is -5.95. The number of fused-ring (bicyclic) bond motifs is 2. The van der Waals surface area contributed by atoms with E-state index in [-0.39, 0.29) is 70.4 Å². The Morgan fingerprint density at radius 2 is 1.22 bits per heavy atom. The quantitative estimate of drug-likeness (QED) is 0.316. The average Bonchev–Trinajstić information content (AvgIpc) is 3.58. The van der Waals surface area contributed by atoms with Gasteiger partial charge < -0.3 is 21.3 Å². The number of pyridine rings is 2. The standard InChI is InChI=1S/C13H16ClFN4O2S.C13H17ClN4O2S.2ClH/c1-8(16)9-6-10(14)12-11(15)7-17-19(12)13(9)18-2-4-22(20,21)5-3-18;1-9(15)10-8-11(14)12-2-3-16-18(12)13(10)17-4-6-21(19,20)7-5-17;;/h6-8H,2-5,16H2,1H3;2-3,8-9H,4-7,15H2,1H3;2*1H/t8-;9-;;/m00../s1. The molecule has 0 amide bonds. The Labute approximate surface area is 283 Å². The number of sulfone groups is 2. The van der Waals surface area contributed by atoms with Crippen LogP contribution in [0.5, 0.6) is 0 Å². The van der Waals surface area contributed by atoms with Gasteiger partial charge in [-0.15, -0.1) is 24.8 Å². The first kappa shape index (κ1) is 37.3. The summed E-state index contributed by atoms with van der Waals surface area (Å²) in [6.07, 6.45) is 2.77. The van der Waals surface area contributed by atoms with Crippen LogP contribution in [0.25, 0.3) is 11.0 Å². The molecule has 0 bridgehead atoms. The lowest BCUT2D eigenvalue weighted by atomic mass is 10.1. The van der Waals surface area contributed by atoms with E-state index in [2.05, 4.69) is 10.2 Å². The Morgan fingerprint density at radius 1 is 0.778 bits per heavy atom. The number of aromatic nitrogens is 4. The van der Waals surface area contributed by atoms with E-state index in [1.165, 1.54) is 4.52 Å². The summed E-state index contributed by atoms with van der Waals surface area (Å²) >= 11 is 12.4. The first-order valence-corrected chi connectivity index (χ1v) is 18.0. The smallest absolute Gasteiger partial charge is 0.170 e. The molecule has 19 heteroatoms. The number of rotatable bonds is 4. The molecule has 0 unspecified atom stereocenters. The fourth-order valence-electron chi connectivity index (χ4n) is 5.30. The molecule has 2 atom stereocenters. The minimum absolute atomic E-state index is 0. The maximum Gasteiger partial charge on any atom is 0.170 e. The molecule has 0 saturated carbocycles. The summed E-state index contributed by atoms with van der Waals surface area (Å²) in [6.45, 7) is 5.20. The number of nitrogens with zero attached hydrogens (tertiary/aromatic N) is 6. The van der Waals surface area contributed by atoms with Gasteiger partial charge >= 0.3 is 0 Å². The third-order valence-electron chi connectivity index (χ3n) is 7.59. The summed E-state index contributed by atoms with van der Waals surface area (Å²) in [4.78, 5) is 3.89. The Balaban J connectivity index is 0.000000235. The predicted molar refractivity (Wildman–Crippen MR) is 182 cm³/mol. The zero-order valence-electron chi connectivity index (χ0n) is 24.4. The van der Waals surface area contributed by atoms with Gasteiger partial charge in [-0.05, 0) is 32.0 Å². The highest BCUT2D eigenvalue weighted by atomic mass is 35.5. The van der Waals surface area contributed by atoms with Gasteiger partial charge in [0, 0.05) is 49.4 Å². The minimum Gasteiger partial charge on any atom is -0.354 e. The molecular weight excluding hydrogens is 713 g/mol. The molecule has 2 aliphatic heterocycles. The van der Waals surface area contributed by atoms with Crippen LogP contribution in [-0.2, 0) is 19.7 Å². The van der Waals surface area contributed by atoms with Crippen LogP contribution in [0.1, 0.15) is 37.1 Å². The topological polar surface area (TPSA) is 161 Å². The maximum atomic E-state index is 13.9. The van der Waals surface area contributed by atoms with Gasteiger partial charge in [-0.1, -0.05) is 23.2 Å². The molecule has 45 heavy (non-hydrogen) atoms. The second-order valence-electron chi connectivity index (χ2n) is 10.8. The van der Waals surface area contributed by atoms with Crippen LogP contribution in [0.4, 0.5) is 16.0 Å². The molecule has 250 valence electrons. The molecule has 2 fully saturated rings. The molecule has 4 aromatic rings. The number of halogens is 5. The SMILES string of the molecule is C[C@H](N)c1cc(Cl)c2c(F)cnn2c1N1CCS(=O)(=O)CC1.C[C@H](N)c1cc(Cl)c2ccnn2c1N1CCS(=O)(=O)CC1.Cl.Cl. The van der Waals surface area contributed by atoms with E-state index < -0.39 is 25.5 Å². The molecule has 2 aliphatic rings. The van der Waals surface area contributed by atoms with Crippen molar-refractivity contribution in [3.05, 3.63) is 57.6 Å². The van der Waals surface area contributed by atoms with Crippen LogP contribution >= 0.6 is 48.0 Å². The van der Waals surface area contributed by atoms with Gasteiger partial charge in [0.05, 0.1) is 51.0 Å². The average molecular weight is 749 g/mol. The lowest BCUT2D eigenvalue weighted by Gasteiger charge is -2.31. The van der Waals surface area contributed by atoms with Crippen molar-refractivity contribution in [2.75, 3.05) is 59.0 Å². The van der Waals surface area contributed by atoms with Gasteiger partial charge in [0.15, 0.2) is 25.5 Å². The molecule has 4 N–H and O–H groups in total. The summed E-state index contributed by atoms with van der Waals surface area (Å²) < 4.78 is 63.5. The zero-order valence-corrected chi connectivity index (χ0v) is 29.2. The largest absolute Gasteiger partial charge is 0.354 e. The first-order valence-electron chi connectivity index (χ1n) is 13.6. The second kappa shape index (κ2) is 14.3. The zero-order chi connectivity index (χ0) is 31.3. The maximum absolute atomic E-state index is 13.9. The van der Waals surface area contributed by atoms with Crippen molar-refractivity contribution in [1.29, 1.82) is 0 Å². The predicted octanol–water partition coefficient (Wildman–Crippen LogP) is 3.47. The van der Waals surface area contributed by atoms with E-state index in [1.807, 2.05) is 28.9 Å². The molecule has 0 spiro atoms. The molecule has 0 radical (unpaired) electrons. The van der Waals surface area contributed by atoms with Crippen molar-refractivity contribution in [3.63, 3.8) is 0 Å². The van der Waals surface area contributed by atoms with Gasteiger partial charge in [-0.25, -0.2) is 30.3 Å². The fraction of sp³-hybridized carbons (Fsp3) is 0.462. The van der Waals surface area contributed by atoms with Crippen LogP contribution in [0, 0.1) is 5.82 Å². The monoisotopic (exact) mass is 746 g/mol. The van der Waals surface area contributed by atoms with Crippen molar-refractivity contribution in [2.24, 2.45) is 11.5 Å². The molecular formula is C26H35Cl4FN8O4S2. The summed E-state index contributed by atoms with van der Waals surface area (Å²) in [5, 5.41) is 9.19. The highest BCUT2D eigenvalue weighted by Crippen LogP contribution is 2.34. The third kappa shape index (κ3) is 7.73. The van der Waals surface area contributed by atoms with Crippen molar-refractivity contribution in [1.82, 2.24) is 19.2 Å². The Kier molecular flexibility index (Phi) is 11.9. The van der Waals surface area contributed by atoms with Gasteiger partial charge in [-0.3, -0.25) is 0 Å². The van der Waals surface area contributed by atoms with E-state index >= 15 is 0 Å². The molecule has 6 heterocycles. The number of nitrogens with two attached hydrogens (primary N) is 2. The third-order valence-corrected chi connectivity index (χ3v) is 11.4. The van der Waals surface area contributed by atoms with Gasteiger partial charge in [0.1, 0.15) is 17.2 Å². The number of hydrogen-bond acceptors (Lipinski definition) is 10. The fourth-order valence-corrected chi connectivity index (χ4v) is 8.25. The van der Waals surface area contributed by atoms with E-state index in [4.69, 9.17) is 34.7 Å². The molecule has 2 saturated heterocycles. The van der Waals surface area contributed by atoms with Crippen LogP contribution in [0.3, 0.4) is 0 Å². The van der Waals surface area contributed by atoms with Crippen molar-refractivity contribution in [2.45, 2.75) is 25.9 Å². The molecule has 6 rings (SSSR count). The Hall–Kier alpha value is -2.11. The molecule has 12 nitrogen and oxygen atoms in total. The van der Waals surface area contributed by atoms with Crippen LogP contribution in [0.2, 0.25) is 10.0 Å². The van der Waals surface area contributed by atoms with Gasteiger partial charge in [0.25, 0.3) is 0 Å². The molecule has 4 aromatic heterocycles. The van der Waals surface area contributed by atoms with E-state index in [1.54, 1.807) is 23.7 Å². The van der Waals surface area contributed by atoms with Crippen molar-refractivity contribution in [3.8, 4) is 0 Å². The van der Waals surface area contributed by atoms with Crippen LogP contribution in [-0.4, -0.2) is 85.3 Å². The summed E-state index contributed by atoms with van der Waals surface area (Å²) in [5.41, 5.74) is 14.6.